The quantitative estimate of drug-likeness (QED) is 0.343. The summed E-state index contributed by atoms with van der Waals surface area (Å²) in [5, 5.41) is 4.90. The first-order valence-electron chi connectivity index (χ1n) is 12.1. The summed E-state index contributed by atoms with van der Waals surface area (Å²) in [6, 6.07) is 27.0. The smallest absolute Gasteiger partial charge is 0.271 e. The highest BCUT2D eigenvalue weighted by atomic mass is 32.1. The second-order valence-corrected chi connectivity index (χ2v) is 9.76. The van der Waals surface area contributed by atoms with Gasteiger partial charge in [0.05, 0.1) is 27.9 Å². The molecule has 7 heteroatoms. The minimum atomic E-state index is -0.0850. The third-order valence-corrected chi connectivity index (χ3v) is 7.11. The van der Waals surface area contributed by atoms with E-state index >= 15 is 0 Å². The van der Waals surface area contributed by atoms with Crippen LogP contribution >= 0.6 is 11.3 Å². The summed E-state index contributed by atoms with van der Waals surface area (Å²) in [6.07, 6.45) is 0.946. The van der Waals surface area contributed by atoms with Gasteiger partial charge in [-0.2, -0.15) is 0 Å². The predicted molar refractivity (Wildman–Crippen MR) is 144 cm³/mol. The Labute approximate surface area is 213 Å². The summed E-state index contributed by atoms with van der Waals surface area (Å²) in [4.78, 5) is 28.8. The van der Waals surface area contributed by atoms with Crippen LogP contribution in [0.5, 0.6) is 0 Å². The molecule has 0 aliphatic carbocycles. The molecule has 6 nitrogen and oxygen atoms in total. The number of rotatable bonds is 6. The number of carbonyl (C=O) groups excluding carboxylic acids is 1. The molecule has 1 atom stereocenters. The molecule has 1 saturated heterocycles. The fourth-order valence-electron chi connectivity index (χ4n) is 4.70. The van der Waals surface area contributed by atoms with Crippen LogP contribution in [0.25, 0.3) is 33.5 Å². The van der Waals surface area contributed by atoms with Crippen LogP contribution in [0.2, 0.25) is 0 Å². The first-order chi connectivity index (χ1) is 17.7. The number of nitrogens with zero attached hydrogens (tertiary/aromatic N) is 4. The second kappa shape index (κ2) is 9.97. The molecule has 1 aliphatic rings. The lowest BCUT2D eigenvalue weighted by atomic mass is 10.0. The van der Waals surface area contributed by atoms with Crippen molar-refractivity contribution in [2.75, 3.05) is 13.1 Å². The molecular weight excluding hydrogens is 466 g/mol. The van der Waals surface area contributed by atoms with Crippen LogP contribution < -0.4 is 5.32 Å². The molecule has 0 saturated carbocycles. The van der Waals surface area contributed by atoms with Gasteiger partial charge in [-0.3, -0.25) is 9.69 Å². The van der Waals surface area contributed by atoms with Gasteiger partial charge in [-0.25, -0.2) is 15.0 Å². The first-order valence-corrected chi connectivity index (χ1v) is 13.0. The van der Waals surface area contributed by atoms with Crippen molar-refractivity contribution in [3.05, 3.63) is 101 Å². The zero-order valence-electron chi connectivity index (χ0n) is 19.7. The van der Waals surface area contributed by atoms with Crippen LogP contribution in [0, 0.1) is 0 Å². The van der Waals surface area contributed by atoms with Gasteiger partial charge < -0.3 is 5.32 Å². The molecule has 0 unspecified atom stereocenters. The van der Waals surface area contributed by atoms with Crippen molar-refractivity contribution >= 4 is 28.3 Å². The standard InChI is InChI=1S/C29H25N5OS/c35-29(26-18-36-19-30-26)31-23-14-15-34(17-23)16-20-10-12-22(13-11-20)28-27(21-6-2-1-3-7-21)32-24-8-4-5-9-25(24)33-28/h1-13,18-19,23H,14-17H2,(H,31,35)/t23-/m1/s1. The van der Waals surface area contributed by atoms with Crippen molar-refractivity contribution in [1.82, 2.24) is 25.2 Å². The van der Waals surface area contributed by atoms with Crippen molar-refractivity contribution in [1.29, 1.82) is 0 Å². The highest BCUT2D eigenvalue weighted by Crippen LogP contribution is 2.31. The van der Waals surface area contributed by atoms with E-state index in [1.165, 1.54) is 16.9 Å². The van der Waals surface area contributed by atoms with E-state index in [1.54, 1.807) is 10.9 Å². The minimum absolute atomic E-state index is 0.0850. The maximum absolute atomic E-state index is 12.3. The average molecular weight is 492 g/mol. The molecule has 36 heavy (non-hydrogen) atoms. The molecule has 2 aromatic heterocycles. The number of benzene rings is 3. The lowest BCUT2D eigenvalue weighted by Crippen LogP contribution is -2.37. The number of aromatic nitrogens is 3. The number of amides is 1. The topological polar surface area (TPSA) is 71.0 Å². The molecule has 0 bridgehead atoms. The van der Waals surface area contributed by atoms with Crippen LogP contribution in [0.3, 0.4) is 0 Å². The zero-order chi connectivity index (χ0) is 24.3. The highest BCUT2D eigenvalue weighted by molar-refractivity contribution is 7.07. The van der Waals surface area contributed by atoms with Crippen molar-refractivity contribution in [2.24, 2.45) is 0 Å². The molecule has 0 radical (unpaired) electrons. The SMILES string of the molecule is O=C(N[C@@H]1CCN(Cc2ccc(-c3nc4ccccc4nc3-c3ccccc3)cc2)C1)c1cscn1. The second-order valence-electron chi connectivity index (χ2n) is 9.04. The van der Waals surface area contributed by atoms with Gasteiger partial charge >= 0.3 is 0 Å². The van der Waals surface area contributed by atoms with Gasteiger partial charge in [0.15, 0.2) is 0 Å². The van der Waals surface area contributed by atoms with E-state index in [1.807, 2.05) is 42.5 Å². The molecular formula is C29H25N5OS. The number of likely N-dealkylation sites (tertiary alicyclic amines) is 1. The minimum Gasteiger partial charge on any atom is -0.347 e. The first kappa shape index (κ1) is 22.5. The summed E-state index contributed by atoms with van der Waals surface area (Å²) in [7, 11) is 0. The van der Waals surface area contributed by atoms with E-state index in [-0.39, 0.29) is 11.9 Å². The molecule has 3 heterocycles. The Kier molecular flexibility index (Phi) is 6.24. The number of carbonyl (C=O) groups is 1. The van der Waals surface area contributed by atoms with Crippen molar-refractivity contribution in [3.63, 3.8) is 0 Å². The number of hydrogen-bond acceptors (Lipinski definition) is 6. The predicted octanol–water partition coefficient (Wildman–Crippen LogP) is 5.42. The average Bonchev–Trinajstić information content (AvgIpc) is 3.62. The van der Waals surface area contributed by atoms with E-state index in [0.717, 1.165) is 59.6 Å². The van der Waals surface area contributed by atoms with Crippen molar-refractivity contribution in [3.8, 4) is 22.5 Å². The summed E-state index contributed by atoms with van der Waals surface area (Å²) >= 11 is 1.44. The van der Waals surface area contributed by atoms with Crippen LogP contribution in [-0.4, -0.2) is 44.9 Å². The Morgan fingerprint density at radius 2 is 1.56 bits per heavy atom. The maximum atomic E-state index is 12.3. The lowest BCUT2D eigenvalue weighted by Gasteiger charge is -2.17. The number of fused-ring (bicyclic) bond motifs is 1. The van der Waals surface area contributed by atoms with E-state index in [0.29, 0.717) is 5.69 Å². The van der Waals surface area contributed by atoms with Crippen LogP contribution in [0.1, 0.15) is 22.5 Å². The van der Waals surface area contributed by atoms with Gasteiger partial charge in [0.1, 0.15) is 5.69 Å². The number of nitrogens with one attached hydrogen (secondary N) is 1. The Balaban J connectivity index is 1.19. The Morgan fingerprint density at radius 1 is 0.889 bits per heavy atom. The largest absolute Gasteiger partial charge is 0.347 e. The van der Waals surface area contributed by atoms with E-state index in [2.05, 4.69) is 51.6 Å². The molecule has 1 N–H and O–H groups in total. The maximum Gasteiger partial charge on any atom is 0.271 e. The fourth-order valence-corrected chi connectivity index (χ4v) is 5.23. The molecule has 5 aromatic rings. The van der Waals surface area contributed by atoms with Gasteiger partial charge in [0, 0.05) is 42.2 Å². The van der Waals surface area contributed by atoms with Crippen LogP contribution in [0.15, 0.2) is 89.8 Å². The van der Waals surface area contributed by atoms with Gasteiger partial charge in [-0.1, -0.05) is 66.7 Å². The Bertz CT molecular complexity index is 1490. The molecule has 1 amide bonds. The Morgan fingerprint density at radius 3 is 2.22 bits per heavy atom. The van der Waals surface area contributed by atoms with Gasteiger partial charge in [-0.05, 0) is 24.1 Å². The van der Waals surface area contributed by atoms with Crippen molar-refractivity contribution < 1.29 is 4.79 Å². The molecule has 178 valence electrons. The molecule has 1 fully saturated rings. The van der Waals surface area contributed by atoms with Gasteiger partial charge in [0.2, 0.25) is 0 Å². The monoisotopic (exact) mass is 491 g/mol. The molecule has 3 aromatic carbocycles. The number of thiazole rings is 1. The highest BCUT2D eigenvalue weighted by Gasteiger charge is 2.24. The normalized spacial score (nSPS) is 15.8. The fraction of sp³-hybridized carbons (Fsp3) is 0.172. The summed E-state index contributed by atoms with van der Waals surface area (Å²) in [6.45, 7) is 2.64. The summed E-state index contributed by atoms with van der Waals surface area (Å²) < 4.78 is 0. The van der Waals surface area contributed by atoms with E-state index < -0.39 is 0 Å². The lowest BCUT2D eigenvalue weighted by molar-refractivity contribution is 0.0933. The molecule has 1 aliphatic heterocycles. The van der Waals surface area contributed by atoms with Gasteiger partial charge in [0.25, 0.3) is 5.91 Å². The Hall–Kier alpha value is -3.94. The molecule has 6 rings (SSSR count). The van der Waals surface area contributed by atoms with Crippen LogP contribution in [0.4, 0.5) is 0 Å². The van der Waals surface area contributed by atoms with Gasteiger partial charge in [-0.15, -0.1) is 11.3 Å². The van der Waals surface area contributed by atoms with Crippen LogP contribution in [-0.2, 0) is 6.54 Å². The zero-order valence-corrected chi connectivity index (χ0v) is 20.5. The van der Waals surface area contributed by atoms with E-state index in [4.69, 9.17) is 9.97 Å². The summed E-state index contributed by atoms with van der Waals surface area (Å²) in [5.41, 5.74) is 9.08. The third-order valence-electron chi connectivity index (χ3n) is 6.52. The van der Waals surface area contributed by atoms with Crippen molar-refractivity contribution in [2.45, 2.75) is 19.0 Å². The molecule has 0 spiro atoms. The van der Waals surface area contributed by atoms with E-state index in [9.17, 15) is 4.79 Å². The summed E-state index contributed by atoms with van der Waals surface area (Å²) in [5.74, 6) is -0.0850. The number of hydrogen-bond donors (Lipinski definition) is 1. The third kappa shape index (κ3) is 4.76. The number of para-hydroxylation sites is 2.